The average Bonchev–Trinajstić information content (AvgIpc) is 2.48. The molecule has 0 radical (unpaired) electrons. The van der Waals surface area contributed by atoms with Crippen LogP contribution in [-0.2, 0) is 6.42 Å². The lowest BCUT2D eigenvalue weighted by molar-refractivity contribution is 0.250. The van der Waals surface area contributed by atoms with Gasteiger partial charge in [0.05, 0.1) is 6.07 Å². The summed E-state index contributed by atoms with van der Waals surface area (Å²) in [6, 6.07) is 19.9. The molecule has 0 aliphatic carbocycles. The number of carbonyl (C=O) groups is 1. The van der Waals surface area contributed by atoms with E-state index in [-0.39, 0.29) is 6.03 Å². The number of anilines is 1. The Balaban J connectivity index is 1.90. The zero-order valence-electron chi connectivity index (χ0n) is 10.9. The molecule has 0 saturated carbocycles. The van der Waals surface area contributed by atoms with Gasteiger partial charge in [-0.2, -0.15) is 5.26 Å². The molecule has 2 aromatic carbocycles. The van der Waals surface area contributed by atoms with Crippen LogP contribution in [0.3, 0.4) is 0 Å². The SMILES string of the molecule is N#CC(Cc1ccccc1)NC(=O)Nc1ccccc1. The van der Waals surface area contributed by atoms with Crippen LogP contribution in [0.4, 0.5) is 10.5 Å². The number of nitriles is 1. The molecule has 2 rings (SSSR count). The summed E-state index contributed by atoms with van der Waals surface area (Å²) >= 11 is 0. The summed E-state index contributed by atoms with van der Waals surface area (Å²) in [6.07, 6.45) is 0.486. The minimum atomic E-state index is -0.555. The lowest BCUT2D eigenvalue weighted by Crippen LogP contribution is -2.38. The van der Waals surface area contributed by atoms with Crippen molar-refractivity contribution >= 4 is 11.7 Å². The molecule has 0 aliphatic rings. The molecule has 0 heterocycles. The Kier molecular flexibility index (Phi) is 4.74. The zero-order valence-corrected chi connectivity index (χ0v) is 10.9. The van der Waals surface area contributed by atoms with Gasteiger partial charge in [-0.3, -0.25) is 0 Å². The smallest absolute Gasteiger partial charge is 0.320 e. The van der Waals surface area contributed by atoms with E-state index in [1.807, 2.05) is 48.5 Å². The Morgan fingerprint density at radius 1 is 1.05 bits per heavy atom. The molecule has 2 N–H and O–H groups in total. The summed E-state index contributed by atoms with van der Waals surface area (Å²) in [6.45, 7) is 0. The molecule has 0 aromatic heterocycles. The van der Waals surface area contributed by atoms with E-state index in [1.165, 1.54) is 0 Å². The van der Waals surface area contributed by atoms with Gasteiger partial charge < -0.3 is 10.6 Å². The van der Waals surface area contributed by atoms with Gasteiger partial charge in [0.15, 0.2) is 0 Å². The number of nitrogens with one attached hydrogen (secondary N) is 2. The largest absolute Gasteiger partial charge is 0.322 e. The number of carbonyl (C=O) groups excluding carboxylic acids is 1. The van der Waals surface area contributed by atoms with Crippen LogP contribution in [0.1, 0.15) is 5.56 Å². The number of para-hydroxylation sites is 1. The molecular formula is C16H15N3O. The molecule has 2 amide bonds. The van der Waals surface area contributed by atoms with Crippen LogP contribution in [0, 0.1) is 11.3 Å². The van der Waals surface area contributed by atoms with Crippen LogP contribution in [0.25, 0.3) is 0 Å². The highest BCUT2D eigenvalue weighted by molar-refractivity contribution is 5.89. The molecular weight excluding hydrogens is 250 g/mol. The first-order chi connectivity index (χ1) is 9.78. The first kappa shape index (κ1) is 13.6. The number of nitrogens with zero attached hydrogens (tertiary/aromatic N) is 1. The molecule has 4 heteroatoms. The van der Waals surface area contributed by atoms with Crippen LogP contribution in [-0.4, -0.2) is 12.1 Å². The van der Waals surface area contributed by atoms with E-state index in [9.17, 15) is 4.79 Å². The van der Waals surface area contributed by atoms with Gasteiger partial charge in [-0.25, -0.2) is 4.79 Å². The highest BCUT2D eigenvalue weighted by Crippen LogP contribution is 2.06. The van der Waals surface area contributed by atoms with Gasteiger partial charge in [-0.05, 0) is 17.7 Å². The van der Waals surface area contributed by atoms with Gasteiger partial charge in [-0.1, -0.05) is 48.5 Å². The molecule has 100 valence electrons. The first-order valence-electron chi connectivity index (χ1n) is 6.34. The monoisotopic (exact) mass is 265 g/mol. The van der Waals surface area contributed by atoms with Crippen molar-refractivity contribution in [1.82, 2.24) is 5.32 Å². The molecule has 0 fully saturated rings. The number of hydrogen-bond acceptors (Lipinski definition) is 2. The van der Waals surface area contributed by atoms with E-state index < -0.39 is 6.04 Å². The van der Waals surface area contributed by atoms with E-state index in [1.54, 1.807) is 12.1 Å². The van der Waals surface area contributed by atoms with E-state index in [4.69, 9.17) is 5.26 Å². The number of urea groups is 1. The van der Waals surface area contributed by atoms with Crippen molar-refractivity contribution < 1.29 is 4.79 Å². The number of hydrogen-bond donors (Lipinski definition) is 2. The molecule has 2 aromatic rings. The quantitative estimate of drug-likeness (QED) is 0.892. The predicted octanol–water partition coefficient (Wildman–Crippen LogP) is 2.94. The van der Waals surface area contributed by atoms with Gasteiger partial charge >= 0.3 is 6.03 Å². The topological polar surface area (TPSA) is 64.9 Å². The third-order valence-corrected chi connectivity index (χ3v) is 2.78. The average molecular weight is 265 g/mol. The van der Waals surface area contributed by atoms with E-state index >= 15 is 0 Å². The third kappa shape index (κ3) is 4.14. The maximum absolute atomic E-state index is 11.8. The van der Waals surface area contributed by atoms with E-state index in [0.717, 1.165) is 5.56 Å². The lowest BCUT2D eigenvalue weighted by atomic mass is 10.1. The summed E-state index contributed by atoms with van der Waals surface area (Å²) in [4.78, 5) is 11.8. The van der Waals surface area contributed by atoms with Crippen molar-refractivity contribution in [2.24, 2.45) is 0 Å². The van der Waals surface area contributed by atoms with Crippen molar-refractivity contribution in [3.05, 3.63) is 66.2 Å². The van der Waals surface area contributed by atoms with Gasteiger partial charge in [0.25, 0.3) is 0 Å². The van der Waals surface area contributed by atoms with Gasteiger partial charge in [-0.15, -0.1) is 0 Å². The Bertz CT molecular complexity index is 590. The Morgan fingerprint density at radius 3 is 2.25 bits per heavy atom. The van der Waals surface area contributed by atoms with Crippen LogP contribution >= 0.6 is 0 Å². The highest BCUT2D eigenvalue weighted by atomic mass is 16.2. The molecule has 0 saturated heterocycles. The molecule has 1 unspecified atom stereocenters. The molecule has 0 aliphatic heterocycles. The third-order valence-electron chi connectivity index (χ3n) is 2.78. The van der Waals surface area contributed by atoms with Crippen molar-refractivity contribution in [2.45, 2.75) is 12.5 Å². The summed E-state index contributed by atoms with van der Waals surface area (Å²) in [5.74, 6) is 0. The van der Waals surface area contributed by atoms with Gasteiger partial charge in [0.2, 0.25) is 0 Å². The molecule has 1 atom stereocenters. The zero-order chi connectivity index (χ0) is 14.2. The van der Waals surface area contributed by atoms with Crippen molar-refractivity contribution in [3.8, 4) is 6.07 Å². The second-order valence-electron chi connectivity index (χ2n) is 4.34. The Hall–Kier alpha value is -2.80. The minimum absolute atomic E-state index is 0.376. The Labute approximate surface area is 118 Å². The standard InChI is InChI=1S/C16H15N3O/c17-12-15(11-13-7-3-1-4-8-13)19-16(20)18-14-9-5-2-6-10-14/h1-10,15H,11H2,(H2,18,19,20). The van der Waals surface area contributed by atoms with Crippen LogP contribution in [0.15, 0.2) is 60.7 Å². The van der Waals surface area contributed by atoms with Gasteiger partial charge in [0.1, 0.15) is 6.04 Å². The summed E-state index contributed by atoms with van der Waals surface area (Å²) < 4.78 is 0. The lowest BCUT2D eigenvalue weighted by Gasteiger charge is -2.12. The molecule has 20 heavy (non-hydrogen) atoms. The van der Waals surface area contributed by atoms with E-state index in [2.05, 4.69) is 16.7 Å². The fourth-order valence-electron chi connectivity index (χ4n) is 1.83. The van der Waals surface area contributed by atoms with Crippen molar-refractivity contribution in [2.75, 3.05) is 5.32 Å². The highest BCUT2D eigenvalue weighted by Gasteiger charge is 2.11. The molecule has 4 nitrogen and oxygen atoms in total. The van der Waals surface area contributed by atoms with E-state index in [0.29, 0.717) is 12.1 Å². The van der Waals surface area contributed by atoms with Crippen LogP contribution < -0.4 is 10.6 Å². The van der Waals surface area contributed by atoms with Crippen molar-refractivity contribution in [1.29, 1.82) is 5.26 Å². The second kappa shape index (κ2) is 6.95. The fourth-order valence-corrected chi connectivity index (χ4v) is 1.83. The normalized spacial score (nSPS) is 11.2. The maximum atomic E-state index is 11.8. The first-order valence-corrected chi connectivity index (χ1v) is 6.34. The summed E-state index contributed by atoms with van der Waals surface area (Å²) in [5, 5.41) is 14.5. The molecule has 0 spiro atoms. The second-order valence-corrected chi connectivity index (χ2v) is 4.34. The summed E-state index contributed by atoms with van der Waals surface area (Å²) in [7, 11) is 0. The van der Waals surface area contributed by atoms with Crippen LogP contribution in [0.2, 0.25) is 0 Å². The maximum Gasteiger partial charge on any atom is 0.320 e. The number of benzene rings is 2. The number of amides is 2. The minimum Gasteiger partial charge on any atom is -0.322 e. The van der Waals surface area contributed by atoms with Gasteiger partial charge in [0, 0.05) is 12.1 Å². The fraction of sp³-hybridized carbons (Fsp3) is 0.125. The van der Waals surface area contributed by atoms with Crippen LogP contribution in [0.5, 0.6) is 0 Å². The van der Waals surface area contributed by atoms with Crippen molar-refractivity contribution in [3.63, 3.8) is 0 Å². The summed E-state index contributed by atoms with van der Waals surface area (Å²) in [5.41, 5.74) is 1.71. The molecule has 0 bridgehead atoms. The number of rotatable bonds is 4. The Morgan fingerprint density at radius 2 is 1.65 bits per heavy atom. The predicted molar refractivity (Wildman–Crippen MR) is 78.1 cm³/mol.